The summed E-state index contributed by atoms with van der Waals surface area (Å²) in [6.07, 6.45) is 0. The number of nitrogens with one attached hydrogen (secondary N) is 2. The van der Waals surface area contributed by atoms with Crippen molar-refractivity contribution in [3.8, 4) is 17.2 Å². The molecule has 8 nitrogen and oxygen atoms in total. The highest BCUT2D eigenvalue weighted by Crippen LogP contribution is 2.32. The highest BCUT2D eigenvalue weighted by Gasteiger charge is 2.15. The summed E-state index contributed by atoms with van der Waals surface area (Å²) >= 11 is 0. The number of fused-ring (bicyclic) bond motifs is 1. The third-order valence-electron chi connectivity index (χ3n) is 4.53. The van der Waals surface area contributed by atoms with Crippen molar-refractivity contribution in [2.24, 2.45) is 0 Å². The van der Waals surface area contributed by atoms with Crippen LogP contribution in [0.4, 0.5) is 10.1 Å². The van der Waals surface area contributed by atoms with Crippen molar-refractivity contribution >= 4 is 21.6 Å². The van der Waals surface area contributed by atoms with Crippen LogP contribution in [0.2, 0.25) is 0 Å². The first-order chi connectivity index (χ1) is 15.4. The molecule has 32 heavy (non-hydrogen) atoms. The molecule has 10 heteroatoms. The second-order valence-corrected chi connectivity index (χ2v) is 8.52. The van der Waals surface area contributed by atoms with Gasteiger partial charge in [-0.3, -0.25) is 9.52 Å². The molecule has 1 heterocycles. The molecule has 4 rings (SSSR count). The Morgan fingerprint density at radius 3 is 2.44 bits per heavy atom. The summed E-state index contributed by atoms with van der Waals surface area (Å²) in [4.78, 5) is 12.1. The maximum atomic E-state index is 13.0. The van der Waals surface area contributed by atoms with Gasteiger partial charge < -0.3 is 19.5 Å². The van der Waals surface area contributed by atoms with E-state index < -0.39 is 15.8 Å². The first-order valence-corrected chi connectivity index (χ1v) is 11.0. The zero-order valence-corrected chi connectivity index (χ0v) is 17.5. The number of carbonyl (C=O) groups is 1. The molecule has 1 amide bonds. The van der Waals surface area contributed by atoms with Crippen molar-refractivity contribution in [2.45, 2.75) is 11.4 Å². The molecule has 0 saturated carbocycles. The second-order valence-electron chi connectivity index (χ2n) is 6.84. The largest absolute Gasteiger partial charge is 0.484 e. The summed E-state index contributed by atoms with van der Waals surface area (Å²) in [7, 11) is -3.84. The molecule has 166 valence electrons. The van der Waals surface area contributed by atoms with Crippen LogP contribution in [0, 0.1) is 5.82 Å². The summed E-state index contributed by atoms with van der Waals surface area (Å²) in [5.74, 6) is 0.842. The predicted molar refractivity (Wildman–Crippen MR) is 114 cm³/mol. The molecule has 0 aliphatic carbocycles. The first-order valence-electron chi connectivity index (χ1n) is 9.55. The van der Waals surface area contributed by atoms with Crippen molar-refractivity contribution in [3.63, 3.8) is 0 Å². The molecule has 0 saturated heterocycles. The van der Waals surface area contributed by atoms with Crippen LogP contribution in [0.3, 0.4) is 0 Å². The first kappa shape index (κ1) is 21.4. The summed E-state index contributed by atoms with van der Waals surface area (Å²) in [5, 5.41) is 2.73. The van der Waals surface area contributed by atoms with E-state index in [1.54, 1.807) is 12.1 Å². The Balaban J connectivity index is 1.27. The highest BCUT2D eigenvalue weighted by atomic mass is 32.2. The van der Waals surface area contributed by atoms with Gasteiger partial charge in [0.1, 0.15) is 11.6 Å². The van der Waals surface area contributed by atoms with E-state index in [1.165, 1.54) is 36.4 Å². The minimum atomic E-state index is -3.84. The molecule has 0 unspecified atom stereocenters. The Morgan fingerprint density at radius 2 is 1.69 bits per heavy atom. The Bertz CT molecular complexity index is 1210. The fourth-order valence-electron chi connectivity index (χ4n) is 2.90. The topological polar surface area (TPSA) is 103 Å². The van der Waals surface area contributed by atoms with Crippen LogP contribution in [-0.2, 0) is 21.4 Å². The molecule has 3 aromatic carbocycles. The minimum absolute atomic E-state index is 0.00133. The molecular weight excluding hydrogens is 439 g/mol. The average Bonchev–Trinajstić information content (AvgIpc) is 3.26. The van der Waals surface area contributed by atoms with Gasteiger partial charge in [0.05, 0.1) is 4.90 Å². The quantitative estimate of drug-likeness (QED) is 0.538. The third-order valence-corrected chi connectivity index (χ3v) is 5.92. The number of rotatable bonds is 8. The number of sulfonamides is 1. The molecular formula is C22H19FN2O6S. The lowest BCUT2D eigenvalue weighted by atomic mass is 10.2. The molecule has 0 aromatic heterocycles. The SMILES string of the molecule is O=C(COc1ccc(S(=O)(=O)Nc2ccc(F)cc2)cc1)NCc1ccc2c(c1)OCO2. The van der Waals surface area contributed by atoms with Gasteiger partial charge in [-0.05, 0) is 66.2 Å². The van der Waals surface area contributed by atoms with Gasteiger partial charge in [-0.15, -0.1) is 0 Å². The molecule has 1 aliphatic heterocycles. The van der Waals surface area contributed by atoms with Crippen LogP contribution in [0.5, 0.6) is 17.2 Å². The summed E-state index contributed by atoms with van der Waals surface area (Å²) < 4.78 is 56.1. The lowest BCUT2D eigenvalue weighted by Crippen LogP contribution is -2.28. The number of hydrogen-bond donors (Lipinski definition) is 2. The monoisotopic (exact) mass is 458 g/mol. The van der Waals surface area contributed by atoms with Gasteiger partial charge >= 0.3 is 0 Å². The Labute approximate surface area is 184 Å². The zero-order chi connectivity index (χ0) is 22.6. The molecule has 2 N–H and O–H groups in total. The second kappa shape index (κ2) is 9.15. The number of anilines is 1. The fourth-order valence-corrected chi connectivity index (χ4v) is 3.96. The van der Waals surface area contributed by atoms with E-state index in [0.29, 0.717) is 23.8 Å². The van der Waals surface area contributed by atoms with Crippen molar-refractivity contribution in [2.75, 3.05) is 18.1 Å². The van der Waals surface area contributed by atoms with E-state index in [2.05, 4.69) is 10.0 Å². The number of benzene rings is 3. The van der Waals surface area contributed by atoms with Crippen LogP contribution >= 0.6 is 0 Å². The summed E-state index contributed by atoms with van der Waals surface area (Å²) in [5.41, 5.74) is 1.09. The van der Waals surface area contributed by atoms with Gasteiger partial charge in [0.15, 0.2) is 18.1 Å². The van der Waals surface area contributed by atoms with Crippen molar-refractivity contribution < 1.29 is 31.8 Å². The van der Waals surface area contributed by atoms with E-state index in [0.717, 1.165) is 17.7 Å². The van der Waals surface area contributed by atoms with Gasteiger partial charge in [0, 0.05) is 12.2 Å². The van der Waals surface area contributed by atoms with Gasteiger partial charge in [0.25, 0.3) is 15.9 Å². The molecule has 0 spiro atoms. The van der Waals surface area contributed by atoms with Gasteiger partial charge in [-0.25, -0.2) is 12.8 Å². The summed E-state index contributed by atoms with van der Waals surface area (Å²) in [6.45, 7) is 0.247. The standard InChI is InChI=1S/C22H19FN2O6S/c23-16-2-4-17(5-3-16)25-32(27,28)19-8-6-18(7-9-19)29-13-22(26)24-12-15-1-10-20-21(11-15)31-14-30-20/h1-11,25H,12-14H2,(H,24,26). The van der Waals surface area contributed by atoms with E-state index in [4.69, 9.17) is 14.2 Å². The Kier molecular flexibility index (Phi) is 6.13. The van der Waals surface area contributed by atoms with Crippen LogP contribution in [0.1, 0.15) is 5.56 Å². The van der Waals surface area contributed by atoms with Crippen LogP contribution in [0.15, 0.2) is 71.6 Å². The van der Waals surface area contributed by atoms with Crippen LogP contribution in [0.25, 0.3) is 0 Å². The van der Waals surface area contributed by atoms with Crippen molar-refractivity contribution in [3.05, 3.63) is 78.1 Å². The Morgan fingerprint density at radius 1 is 0.969 bits per heavy atom. The number of ether oxygens (including phenoxy) is 3. The van der Waals surface area contributed by atoms with E-state index in [9.17, 15) is 17.6 Å². The van der Waals surface area contributed by atoms with Crippen molar-refractivity contribution in [1.29, 1.82) is 0 Å². The van der Waals surface area contributed by atoms with Crippen LogP contribution in [-0.4, -0.2) is 27.7 Å². The lowest BCUT2D eigenvalue weighted by Gasteiger charge is -2.10. The number of amides is 1. The molecule has 0 bridgehead atoms. The average molecular weight is 458 g/mol. The van der Waals surface area contributed by atoms with Gasteiger partial charge in [0.2, 0.25) is 6.79 Å². The van der Waals surface area contributed by atoms with E-state index in [1.807, 2.05) is 6.07 Å². The third kappa shape index (κ3) is 5.27. The molecule has 0 atom stereocenters. The molecule has 1 aliphatic rings. The molecule has 0 radical (unpaired) electrons. The minimum Gasteiger partial charge on any atom is -0.484 e. The summed E-state index contributed by atoms with van der Waals surface area (Å²) in [6, 6.07) is 16.0. The maximum Gasteiger partial charge on any atom is 0.261 e. The molecule has 3 aromatic rings. The molecule has 0 fully saturated rings. The van der Waals surface area contributed by atoms with Gasteiger partial charge in [-0.2, -0.15) is 0 Å². The smallest absolute Gasteiger partial charge is 0.261 e. The fraction of sp³-hybridized carbons (Fsp3) is 0.136. The van der Waals surface area contributed by atoms with Crippen molar-refractivity contribution in [1.82, 2.24) is 5.32 Å². The highest BCUT2D eigenvalue weighted by molar-refractivity contribution is 7.92. The normalized spacial score (nSPS) is 12.3. The Hall–Kier alpha value is -3.79. The van der Waals surface area contributed by atoms with E-state index in [-0.39, 0.29) is 29.9 Å². The lowest BCUT2D eigenvalue weighted by molar-refractivity contribution is -0.123. The van der Waals surface area contributed by atoms with Gasteiger partial charge in [-0.1, -0.05) is 6.07 Å². The number of hydrogen-bond acceptors (Lipinski definition) is 6. The number of halogens is 1. The van der Waals surface area contributed by atoms with Crippen LogP contribution < -0.4 is 24.2 Å². The van der Waals surface area contributed by atoms with E-state index >= 15 is 0 Å². The predicted octanol–water partition coefficient (Wildman–Crippen LogP) is 3.05. The zero-order valence-electron chi connectivity index (χ0n) is 16.7. The maximum absolute atomic E-state index is 13.0. The number of carbonyl (C=O) groups excluding carboxylic acids is 1.